The first-order valence-electron chi connectivity index (χ1n) is 18.1. The highest BCUT2D eigenvalue weighted by molar-refractivity contribution is 7.86. The van der Waals surface area contributed by atoms with Crippen LogP contribution in [0.3, 0.4) is 0 Å². The number of carbonyl (C=O) groups excluding carboxylic acids is 1. The van der Waals surface area contributed by atoms with Crippen LogP contribution in [-0.2, 0) is 40.5 Å². The number of anilines is 7. The monoisotopic (exact) mass is 974 g/mol. The second-order valence-electron chi connectivity index (χ2n) is 13.2. The zero-order valence-corrected chi connectivity index (χ0v) is 37.1. The van der Waals surface area contributed by atoms with Gasteiger partial charge in [-0.3, -0.25) is 23.0 Å². The lowest BCUT2D eigenvalue weighted by molar-refractivity contribution is 0.1000. The third-order valence-electron chi connectivity index (χ3n) is 8.98. The Bertz CT molecular complexity index is 3440. The first-order chi connectivity index (χ1) is 30.1. The molecule has 0 radical (unpaired) electrons. The van der Waals surface area contributed by atoms with E-state index in [1.54, 1.807) is 54.6 Å². The van der Waals surface area contributed by atoms with Crippen molar-refractivity contribution < 1.29 is 61.8 Å². The van der Waals surface area contributed by atoms with Crippen molar-refractivity contribution in [1.29, 1.82) is 0 Å². The van der Waals surface area contributed by atoms with Crippen LogP contribution in [0.25, 0.3) is 32.3 Å². The summed E-state index contributed by atoms with van der Waals surface area (Å²) in [6.07, 6.45) is 0. The van der Waals surface area contributed by atoms with Crippen molar-refractivity contribution in [1.82, 2.24) is 0 Å². The molecule has 65 heavy (non-hydrogen) atoms. The van der Waals surface area contributed by atoms with Crippen LogP contribution in [0.15, 0.2) is 123 Å². The van der Waals surface area contributed by atoms with E-state index in [9.17, 15) is 48.1 Å². The molecule has 0 saturated carbocycles. The van der Waals surface area contributed by atoms with Crippen molar-refractivity contribution in [3.05, 3.63) is 109 Å². The first kappa shape index (κ1) is 50.5. The molecule has 0 saturated heterocycles. The number of amides is 1. The molecular weight excluding hydrogens is 933 g/mol. The quantitative estimate of drug-likeness (QED) is 0.0425. The number of phenols is 1. The summed E-state index contributed by atoms with van der Waals surface area (Å²) in [5.41, 5.74) is 41.4. The van der Waals surface area contributed by atoms with Crippen LogP contribution in [0.5, 0.6) is 5.75 Å². The molecule has 7 aromatic carbocycles. The summed E-state index contributed by atoms with van der Waals surface area (Å²) in [5, 5.41) is 12.0. The van der Waals surface area contributed by atoms with Crippen LogP contribution < -0.4 is 45.3 Å². The predicted molar refractivity (Wildman–Crippen MR) is 248 cm³/mol. The molecule has 0 fully saturated rings. The molecule has 26 heteroatoms. The predicted octanol–water partition coefficient (Wildman–Crippen LogP) is 4.69. The second-order valence-corrected chi connectivity index (χ2v) is 18.8. The fraction of sp³-hybridized carbons (Fsp3) is 0.0513. The smallest absolute Gasteiger partial charge is 0.296 e. The van der Waals surface area contributed by atoms with Gasteiger partial charge in [-0.2, -0.15) is 33.7 Å². The third-order valence-corrected chi connectivity index (χ3v) is 12.5. The Morgan fingerprint density at radius 3 is 1.40 bits per heavy atom. The van der Waals surface area contributed by atoms with E-state index in [4.69, 9.17) is 48.1 Å². The summed E-state index contributed by atoms with van der Waals surface area (Å²) in [5.74, 6) is -1.20. The highest BCUT2D eigenvalue weighted by atomic mass is 32.2. The molecule has 0 unspecified atom stereocenters. The minimum absolute atomic E-state index is 0.0372. The van der Waals surface area contributed by atoms with Gasteiger partial charge >= 0.3 is 0 Å². The van der Waals surface area contributed by atoms with E-state index in [0.717, 1.165) is 18.2 Å². The molecule has 346 valence electrons. The fourth-order valence-electron chi connectivity index (χ4n) is 5.86. The van der Waals surface area contributed by atoms with E-state index >= 15 is 0 Å². The van der Waals surface area contributed by atoms with Crippen molar-refractivity contribution >= 4 is 119 Å². The Kier molecular flexibility index (Phi) is 15.0. The maximum Gasteiger partial charge on any atom is 0.296 e. The number of nitrogens with one attached hydrogen (secondary N) is 2. The Labute approximate surface area is 371 Å². The zero-order chi connectivity index (χ0) is 49.0. The first-order valence-corrected chi connectivity index (χ1v) is 23.9. The SMILES string of the molecule is CC.NC(=O)c1ccc(NNc2ccc(N)c3cc(S(=O)(=O)O)ccc23)cc1.Nc1cc2c(O)c(N)c(S(=O)(=O)O)cc2cc1S(=O)(=O)O.Nc1ccc(N)c2cc(S(=O)(=O)O)ccc12. The van der Waals surface area contributed by atoms with Gasteiger partial charge in [0.25, 0.3) is 40.5 Å². The number of carbonyl (C=O) groups is 1. The van der Waals surface area contributed by atoms with Crippen LogP contribution in [0.1, 0.15) is 24.2 Å². The number of benzene rings is 7. The van der Waals surface area contributed by atoms with Crippen molar-refractivity contribution in [2.45, 2.75) is 33.4 Å². The van der Waals surface area contributed by atoms with Gasteiger partial charge in [0.05, 0.1) is 32.5 Å². The minimum Gasteiger partial charge on any atom is -0.505 e. The number of aromatic hydroxyl groups is 1. The molecule has 7 rings (SSSR count). The highest BCUT2D eigenvalue weighted by Gasteiger charge is 2.23. The number of hydrogen-bond acceptors (Lipinski definition) is 17. The molecule has 0 aliphatic rings. The van der Waals surface area contributed by atoms with Gasteiger partial charge in [0.2, 0.25) is 5.91 Å². The van der Waals surface area contributed by atoms with Crippen molar-refractivity contribution in [2.75, 3.05) is 39.5 Å². The molecule has 7 aromatic rings. The average molecular weight is 975 g/mol. The summed E-state index contributed by atoms with van der Waals surface area (Å²) in [4.78, 5) is 9.19. The maximum absolute atomic E-state index is 11.3. The molecule has 0 heterocycles. The molecule has 0 aromatic heterocycles. The van der Waals surface area contributed by atoms with Crippen molar-refractivity contribution in [3.63, 3.8) is 0 Å². The lowest BCUT2D eigenvalue weighted by Gasteiger charge is -2.14. The summed E-state index contributed by atoms with van der Waals surface area (Å²) < 4.78 is 125. The average Bonchev–Trinajstić information content (AvgIpc) is 3.23. The molecule has 1 amide bonds. The Morgan fingerprint density at radius 1 is 0.477 bits per heavy atom. The molecular formula is C39H42N8O14S4. The maximum atomic E-state index is 11.3. The summed E-state index contributed by atoms with van der Waals surface area (Å²) in [6, 6.07) is 24.1. The van der Waals surface area contributed by atoms with Crippen LogP contribution >= 0.6 is 0 Å². The number of phenolic OH excluding ortho intramolecular Hbond substituents is 1. The fourth-order valence-corrected chi connectivity index (χ4v) is 8.16. The largest absolute Gasteiger partial charge is 0.505 e. The van der Waals surface area contributed by atoms with Crippen LogP contribution in [-0.4, -0.2) is 62.9 Å². The number of nitrogens with two attached hydrogens (primary N) is 6. The number of fused-ring (bicyclic) bond motifs is 3. The van der Waals surface area contributed by atoms with Gasteiger partial charge in [0.15, 0.2) is 0 Å². The van der Waals surface area contributed by atoms with Gasteiger partial charge < -0.3 is 50.4 Å². The summed E-state index contributed by atoms with van der Waals surface area (Å²) in [6.45, 7) is 4.00. The van der Waals surface area contributed by atoms with Crippen molar-refractivity contribution in [2.24, 2.45) is 5.73 Å². The lowest BCUT2D eigenvalue weighted by atomic mass is 10.1. The molecule has 19 N–H and O–H groups in total. The summed E-state index contributed by atoms with van der Waals surface area (Å²) in [7, 11) is -17.9. The third kappa shape index (κ3) is 11.9. The number of hydrazine groups is 1. The van der Waals surface area contributed by atoms with Gasteiger partial charge in [-0.25, -0.2) is 0 Å². The highest BCUT2D eigenvalue weighted by Crippen LogP contribution is 2.39. The Balaban J connectivity index is 0.000000215. The zero-order valence-electron chi connectivity index (χ0n) is 33.8. The van der Waals surface area contributed by atoms with Crippen molar-refractivity contribution in [3.8, 4) is 5.75 Å². The van der Waals surface area contributed by atoms with E-state index in [1.165, 1.54) is 30.3 Å². The minimum atomic E-state index is -4.73. The van der Waals surface area contributed by atoms with Gasteiger partial charge in [0, 0.05) is 49.6 Å². The van der Waals surface area contributed by atoms with E-state index in [2.05, 4.69) is 10.9 Å². The summed E-state index contributed by atoms with van der Waals surface area (Å²) >= 11 is 0. The Morgan fingerprint density at radius 2 is 0.923 bits per heavy atom. The van der Waals surface area contributed by atoms with Crippen LogP contribution in [0.2, 0.25) is 0 Å². The van der Waals surface area contributed by atoms with Gasteiger partial charge in [-0.1, -0.05) is 26.0 Å². The lowest BCUT2D eigenvalue weighted by Crippen LogP contribution is -2.12. The topological polar surface area (TPSA) is 435 Å². The number of hydrogen-bond donors (Lipinski definition) is 13. The van der Waals surface area contributed by atoms with Gasteiger partial charge in [0.1, 0.15) is 15.5 Å². The molecule has 0 atom stereocenters. The Hall–Kier alpha value is -7.17. The van der Waals surface area contributed by atoms with Crippen LogP contribution in [0.4, 0.5) is 39.8 Å². The molecule has 0 spiro atoms. The molecule has 22 nitrogen and oxygen atoms in total. The second kappa shape index (κ2) is 19.3. The standard InChI is InChI=1S/C17H16N4O4S.C10H10N2O7S2.C10H10N2O3S.C2H6/c18-15-7-8-16(13-6-5-12(9-14(13)15)26(23,24)25)21-20-11-3-1-10(2-4-11)17(19)22;11-6-3-5-4(1-7(6)20(14,15)16)2-8(21(17,18)19)9(12)10(5)13;11-9-3-4-10(12)8-5-6(16(13,14)15)1-2-7(8)9;1-2/h1-9,20-21H,18H2,(H2,19,22)(H,23,24,25);1-3,13H,11-12H2,(H,14,15,16)(H,17,18,19);1-5H,11-12H2,(H,13,14,15);1-2H3. The van der Waals surface area contributed by atoms with Gasteiger partial charge in [-0.05, 0) is 96.4 Å². The molecule has 0 aliphatic carbocycles. The van der Waals surface area contributed by atoms with E-state index in [-0.39, 0.29) is 26.3 Å². The molecule has 0 aliphatic heterocycles. The van der Waals surface area contributed by atoms with E-state index in [1.807, 2.05) is 13.8 Å². The number of rotatable bonds is 8. The van der Waals surface area contributed by atoms with Gasteiger partial charge in [-0.15, -0.1) is 0 Å². The van der Waals surface area contributed by atoms with E-state index < -0.39 is 67.6 Å². The van der Waals surface area contributed by atoms with E-state index in [0.29, 0.717) is 55.5 Å². The number of nitrogen functional groups attached to an aromatic ring is 5. The normalized spacial score (nSPS) is 11.6. The molecule has 0 bridgehead atoms. The van der Waals surface area contributed by atoms with Crippen LogP contribution in [0, 0.1) is 0 Å². The number of primary amides is 1.